The maximum absolute atomic E-state index is 14.0. The number of rotatable bonds is 7. The molecular weight excluding hydrogens is 498 g/mol. The second-order valence-corrected chi connectivity index (χ2v) is 13.1. The van der Waals surface area contributed by atoms with Crippen LogP contribution >= 0.6 is 0 Å². The summed E-state index contributed by atoms with van der Waals surface area (Å²) in [6, 6.07) is 10.0. The van der Waals surface area contributed by atoms with Gasteiger partial charge in [0.15, 0.2) is 5.82 Å². The van der Waals surface area contributed by atoms with Crippen LogP contribution in [0.1, 0.15) is 70.7 Å². The van der Waals surface area contributed by atoms with Gasteiger partial charge in [0.1, 0.15) is 16.9 Å². The molecular formula is C33H43N5O2. The van der Waals surface area contributed by atoms with Crippen LogP contribution in [-0.4, -0.2) is 50.1 Å². The van der Waals surface area contributed by atoms with Crippen molar-refractivity contribution in [2.24, 2.45) is 29.7 Å². The fraction of sp³-hybridized carbons (Fsp3) is 0.545. The van der Waals surface area contributed by atoms with Crippen molar-refractivity contribution in [3.63, 3.8) is 0 Å². The second-order valence-electron chi connectivity index (χ2n) is 13.1. The first kappa shape index (κ1) is 26.9. The highest BCUT2D eigenvalue weighted by atomic mass is 16.5. The normalized spacial score (nSPS) is 18.8. The zero-order chi connectivity index (χ0) is 28.4. The average Bonchev–Trinajstić information content (AvgIpc) is 3.50. The Bertz CT molecular complexity index is 1590. The maximum Gasteiger partial charge on any atom is 0.254 e. The molecule has 1 saturated heterocycles. The molecule has 1 atom stereocenters. The van der Waals surface area contributed by atoms with Crippen molar-refractivity contribution in [1.82, 2.24) is 24.0 Å². The number of piperidine rings is 1. The van der Waals surface area contributed by atoms with Crippen LogP contribution in [0.4, 0.5) is 0 Å². The Kier molecular flexibility index (Phi) is 6.47. The highest BCUT2D eigenvalue weighted by molar-refractivity contribution is 6.00. The predicted octanol–water partition coefficient (Wildman–Crippen LogP) is 6.93. The molecule has 3 aromatic heterocycles. The number of amides is 1. The molecule has 4 heterocycles. The molecule has 2 aliphatic rings. The molecule has 7 heteroatoms. The number of nitrogens with zero attached hydrogens (tertiary/aromatic N) is 5. The summed E-state index contributed by atoms with van der Waals surface area (Å²) in [6.45, 7) is 14.0. The van der Waals surface area contributed by atoms with Crippen LogP contribution in [0.3, 0.4) is 0 Å². The van der Waals surface area contributed by atoms with Crippen molar-refractivity contribution in [3.8, 4) is 17.3 Å². The van der Waals surface area contributed by atoms with Crippen molar-refractivity contribution in [2.45, 2.75) is 66.8 Å². The quantitative estimate of drug-likeness (QED) is 0.254. The van der Waals surface area contributed by atoms with Crippen molar-refractivity contribution in [2.75, 3.05) is 20.2 Å². The van der Waals surface area contributed by atoms with E-state index in [1.807, 2.05) is 31.4 Å². The summed E-state index contributed by atoms with van der Waals surface area (Å²) in [5.74, 6) is 2.76. The minimum atomic E-state index is 0.0853. The molecule has 1 spiro atoms. The number of aromatic nitrogens is 4. The zero-order valence-electron chi connectivity index (χ0n) is 25.1. The van der Waals surface area contributed by atoms with E-state index in [2.05, 4.69) is 65.8 Å². The van der Waals surface area contributed by atoms with E-state index in [0.29, 0.717) is 28.6 Å². The van der Waals surface area contributed by atoms with Crippen LogP contribution < -0.4 is 4.74 Å². The van der Waals surface area contributed by atoms with E-state index in [-0.39, 0.29) is 11.3 Å². The molecule has 6 rings (SSSR count). The fourth-order valence-corrected chi connectivity index (χ4v) is 6.86. The molecule has 1 amide bonds. The molecule has 40 heavy (non-hydrogen) atoms. The number of hydrogen-bond donors (Lipinski definition) is 0. The monoisotopic (exact) mass is 541 g/mol. The van der Waals surface area contributed by atoms with E-state index in [9.17, 15) is 4.79 Å². The number of aryl methyl sites for hydroxylation is 2. The van der Waals surface area contributed by atoms with Crippen molar-refractivity contribution < 1.29 is 9.53 Å². The number of ether oxygens (including phenoxy) is 1. The second kappa shape index (κ2) is 9.64. The largest absolute Gasteiger partial charge is 0.494 e. The summed E-state index contributed by atoms with van der Waals surface area (Å²) in [4.78, 5) is 25.8. The minimum Gasteiger partial charge on any atom is -0.494 e. The van der Waals surface area contributed by atoms with Crippen molar-refractivity contribution >= 4 is 28.0 Å². The maximum atomic E-state index is 14.0. The van der Waals surface area contributed by atoms with Crippen LogP contribution in [-0.2, 0) is 13.6 Å². The summed E-state index contributed by atoms with van der Waals surface area (Å²) >= 11 is 0. The first-order valence-electron chi connectivity index (χ1n) is 14.9. The van der Waals surface area contributed by atoms with E-state index in [1.165, 1.54) is 19.3 Å². The van der Waals surface area contributed by atoms with E-state index >= 15 is 0 Å². The van der Waals surface area contributed by atoms with Gasteiger partial charge >= 0.3 is 0 Å². The zero-order valence-corrected chi connectivity index (χ0v) is 25.1. The number of carbonyl (C=O) groups excluding carboxylic acids is 1. The summed E-state index contributed by atoms with van der Waals surface area (Å²) in [7, 11) is 3.69. The predicted molar refractivity (Wildman–Crippen MR) is 161 cm³/mol. The number of fused-ring (bicyclic) bond motifs is 2. The number of benzene rings is 1. The Hall–Kier alpha value is -3.35. The van der Waals surface area contributed by atoms with Gasteiger partial charge in [0.2, 0.25) is 0 Å². The Morgan fingerprint density at radius 1 is 1.20 bits per heavy atom. The third-order valence-corrected chi connectivity index (χ3v) is 10.3. The summed E-state index contributed by atoms with van der Waals surface area (Å²) in [5, 5.41) is 1.09. The molecule has 0 bridgehead atoms. The van der Waals surface area contributed by atoms with E-state index in [1.54, 1.807) is 7.11 Å². The van der Waals surface area contributed by atoms with Crippen molar-refractivity contribution in [1.29, 1.82) is 0 Å². The Balaban J connectivity index is 1.35. The molecule has 0 N–H and O–H groups in total. The number of likely N-dealkylation sites (tertiary alicyclic amines) is 1. The Morgan fingerprint density at radius 2 is 1.98 bits per heavy atom. The summed E-state index contributed by atoms with van der Waals surface area (Å²) < 4.78 is 10.1. The molecule has 1 unspecified atom stereocenters. The third-order valence-electron chi connectivity index (χ3n) is 10.3. The lowest BCUT2D eigenvalue weighted by atomic mass is 9.68. The molecule has 2 fully saturated rings. The number of methoxy groups -OCH3 is 1. The average molecular weight is 542 g/mol. The van der Waals surface area contributed by atoms with Crippen LogP contribution in [0.5, 0.6) is 5.75 Å². The molecule has 4 aromatic rings. The minimum absolute atomic E-state index is 0.0853. The topological polar surface area (TPSA) is 65.2 Å². The fourth-order valence-electron chi connectivity index (χ4n) is 6.86. The summed E-state index contributed by atoms with van der Waals surface area (Å²) in [6.07, 6.45) is 6.73. The van der Waals surface area contributed by atoms with Crippen molar-refractivity contribution in [3.05, 3.63) is 42.1 Å². The standard InChI is InChI=1S/C33H43N5O2/c1-8-38-26(17-22-10-9-14-34-29(22)38)30-35-25-16-23(18-27(40-7)28(25)36(30)6)31(39)37-15-13-33(11-12-33)24(20-37)19-32(4,5)21(2)3/h9-10,14,16-18,21,24H,8,11-13,15,19-20H2,1-7H3. The first-order chi connectivity index (χ1) is 19.1. The van der Waals surface area contributed by atoms with Gasteiger partial charge in [-0.2, -0.15) is 0 Å². The lowest BCUT2D eigenvalue weighted by Gasteiger charge is -2.43. The molecule has 1 aliphatic heterocycles. The van der Waals surface area contributed by atoms with Crippen LogP contribution in [0.15, 0.2) is 36.5 Å². The van der Waals surface area contributed by atoms with E-state index < -0.39 is 0 Å². The first-order valence-corrected chi connectivity index (χ1v) is 14.9. The van der Waals surface area contributed by atoms with Gasteiger partial charge in [0.25, 0.3) is 5.91 Å². The van der Waals surface area contributed by atoms with Gasteiger partial charge in [0.05, 0.1) is 18.3 Å². The molecule has 1 aromatic carbocycles. The Morgan fingerprint density at radius 3 is 2.65 bits per heavy atom. The van der Waals surface area contributed by atoms with E-state index in [0.717, 1.165) is 59.6 Å². The SMILES string of the molecule is CCn1c(-c2nc3cc(C(=O)N4CCC5(CC5)C(CC(C)(C)C(C)C)C4)cc(OC)c3n2C)cc2cccnc21. The van der Waals surface area contributed by atoms with Gasteiger partial charge in [-0.25, -0.2) is 9.97 Å². The smallest absolute Gasteiger partial charge is 0.254 e. The number of hydrogen-bond acceptors (Lipinski definition) is 4. The van der Waals surface area contributed by atoms with Crippen LogP contribution in [0, 0.1) is 22.7 Å². The van der Waals surface area contributed by atoms with E-state index in [4.69, 9.17) is 9.72 Å². The third kappa shape index (κ3) is 4.29. The van der Waals surface area contributed by atoms with Gasteiger partial charge < -0.3 is 18.8 Å². The molecule has 0 radical (unpaired) electrons. The number of carbonyl (C=O) groups is 1. The lowest BCUT2D eigenvalue weighted by Crippen LogP contribution is -2.46. The highest BCUT2D eigenvalue weighted by Crippen LogP contribution is 2.60. The van der Waals surface area contributed by atoms with Gasteiger partial charge in [0, 0.05) is 43.8 Å². The lowest BCUT2D eigenvalue weighted by molar-refractivity contribution is 0.0410. The number of pyridine rings is 1. The molecule has 1 aliphatic carbocycles. The molecule has 1 saturated carbocycles. The van der Waals surface area contributed by atoms with Gasteiger partial charge in [-0.1, -0.05) is 27.7 Å². The Labute approximate surface area is 237 Å². The van der Waals surface area contributed by atoms with Gasteiger partial charge in [-0.15, -0.1) is 0 Å². The molecule has 7 nitrogen and oxygen atoms in total. The van der Waals surface area contributed by atoms with Crippen LogP contribution in [0.25, 0.3) is 33.6 Å². The molecule has 212 valence electrons. The van der Waals surface area contributed by atoms with Crippen LogP contribution in [0.2, 0.25) is 0 Å². The summed E-state index contributed by atoms with van der Waals surface area (Å²) in [5.41, 5.74) is 4.98. The highest BCUT2D eigenvalue weighted by Gasteiger charge is 2.53. The van der Waals surface area contributed by atoms with Gasteiger partial charge in [-0.05, 0) is 85.6 Å². The van der Waals surface area contributed by atoms with Gasteiger partial charge in [-0.3, -0.25) is 4.79 Å². The number of imidazole rings is 1.